The number of aromatic nitrogens is 1. The van der Waals surface area contributed by atoms with E-state index in [-0.39, 0.29) is 11.8 Å². The fraction of sp³-hybridized carbons (Fsp3) is 0.250. The summed E-state index contributed by atoms with van der Waals surface area (Å²) in [5.41, 5.74) is 2.53. The van der Waals surface area contributed by atoms with Crippen molar-refractivity contribution in [1.82, 2.24) is 4.98 Å². The molecule has 2 amide bonds. The molecule has 0 fully saturated rings. The van der Waals surface area contributed by atoms with Gasteiger partial charge in [0.1, 0.15) is 5.75 Å². The average Bonchev–Trinajstić information content (AvgIpc) is 3.08. The summed E-state index contributed by atoms with van der Waals surface area (Å²) in [6.45, 7) is 1.79. The Balaban J connectivity index is 1.59. The van der Waals surface area contributed by atoms with E-state index in [0.29, 0.717) is 30.1 Å². The molecule has 0 radical (unpaired) electrons. The number of amides is 2. The van der Waals surface area contributed by atoms with Crippen LogP contribution in [-0.2, 0) is 16.0 Å². The standard InChI is InChI=1S/C20H21N3O3S/c1-3-18(24)23-20-22-16-12-14(7-10-17(16)27-20)21-19(25)11-6-13-4-8-15(26-2)9-5-13/h4-5,7-10,12H,3,6,11H2,1-2H3,(H,21,25)(H,22,23,24). The topological polar surface area (TPSA) is 80.3 Å². The SMILES string of the molecule is CCC(=O)Nc1nc2cc(NC(=O)CCc3ccc(OC)cc3)ccc2s1. The molecular formula is C20H21N3O3S. The molecular weight excluding hydrogens is 362 g/mol. The molecule has 0 saturated heterocycles. The van der Waals surface area contributed by atoms with E-state index in [1.54, 1.807) is 14.0 Å². The Bertz CT molecular complexity index is 951. The highest BCUT2D eigenvalue weighted by Crippen LogP contribution is 2.28. The summed E-state index contributed by atoms with van der Waals surface area (Å²) in [5.74, 6) is 0.676. The molecule has 3 rings (SSSR count). The maximum atomic E-state index is 12.2. The van der Waals surface area contributed by atoms with E-state index in [1.807, 2.05) is 42.5 Å². The second-order valence-electron chi connectivity index (χ2n) is 6.00. The van der Waals surface area contributed by atoms with Gasteiger partial charge in [-0.15, -0.1) is 0 Å². The van der Waals surface area contributed by atoms with Gasteiger partial charge in [-0.2, -0.15) is 0 Å². The summed E-state index contributed by atoms with van der Waals surface area (Å²) in [6, 6.07) is 13.2. The van der Waals surface area contributed by atoms with Crippen LogP contribution in [0.1, 0.15) is 25.3 Å². The molecule has 7 heteroatoms. The van der Waals surface area contributed by atoms with Crippen LogP contribution < -0.4 is 15.4 Å². The minimum absolute atomic E-state index is 0.0556. The molecule has 0 saturated carbocycles. The van der Waals surface area contributed by atoms with Crippen LogP contribution in [0.2, 0.25) is 0 Å². The van der Waals surface area contributed by atoms with Crippen molar-refractivity contribution in [2.24, 2.45) is 0 Å². The van der Waals surface area contributed by atoms with Crippen LogP contribution in [-0.4, -0.2) is 23.9 Å². The van der Waals surface area contributed by atoms with Gasteiger partial charge in [0.05, 0.1) is 17.3 Å². The number of ether oxygens (including phenoxy) is 1. The molecule has 0 aliphatic rings. The van der Waals surface area contributed by atoms with E-state index < -0.39 is 0 Å². The number of nitrogens with zero attached hydrogens (tertiary/aromatic N) is 1. The van der Waals surface area contributed by atoms with Crippen molar-refractivity contribution in [3.63, 3.8) is 0 Å². The van der Waals surface area contributed by atoms with E-state index in [2.05, 4.69) is 15.6 Å². The minimum Gasteiger partial charge on any atom is -0.497 e. The molecule has 0 spiro atoms. The van der Waals surface area contributed by atoms with Crippen LogP contribution >= 0.6 is 11.3 Å². The molecule has 0 unspecified atom stereocenters. The molecule has 1 heterocycles. The molecule has 0 aliphatic carbocycles. The lowest BCUT2D eigenvalue weighted by atomic mass is 10.1. The molecule has 2 aromatic carbocycles. The van der Waals surface area contributed by atoms with Crippen LogP contribution in [0.25, 0.3) is 10.2 Å². The smallest absolute Gasteiger partial charge is 0.225 e. The second-order valence-corrected chi connectivity index (χ2v) is 7.03. The normalized spacial score (nSPS) is 10.6. The Kier molecular flexibility index (Phi) is 6.03. The number of methoxy groups -OCH3 is 1. The van der Waals surface area contributed by atoms with Gasteiger partial charge in [0, 0.05) is 18.5 Å². The number of anilines is 2. The number of hydrogen-bond acceptors (Lipinski definition) is 5. The zero-order valence-corrected chi connectivity index (χ0v) is 16.1. The Morgan fingerprint density at radius 2 is 1.85 bits per heavy atom. The first-order valence-corrected chi connectivity index (χ1v) is 9.52. The molecule has 0 bridgehead atoms. The van der Waals surface area contributed by atoms with Gasteiger partial charge in [-0.25, -0.2) is 4.98 Å². The lowest BCUT2D eigenvalue weighted by molar-refractivity contribution is -0.116. The zero-order chi connectivity index (χ0) is 19.2. The fourth-order valence-electron chi connectivity index (χ4n) is 2.54. The van der Waals surface area contributed by atoms with E-state index in [4.69, 9.17) is 4.74 Å². The third-order valence-corrected chi connectivity index (χ3v) is 4.99. The summed E-state index contributed by atoms with van der Waals surface area (Å²) in [7, 11) is 1.63. The maximum Gasteiger partial charge on any atom is 0.225 e. The van der Waals surface area contributed by atoms with E-state index >= 15 is 0 Å². The van der Waals surface area contributed by atoms with Gasteiger partial charge >= 0.3 is 0 Å². The Labute approximate surface area is 161 Å². The first kappa shape index (κ1) is 18.8. The first-order chi connectivity index (χ1) is 13.1. The van der Waals surface area contributed by atoms with Crippen LogP contribution in [0.5, 0.6) is 5.75 Å². The van der Waals surface area contributed by atoms with Gasteiger partial charge in [0.25, 0.3) is 0 Å². The van der Waals surface area contributed by atoms with Crippen molar-refractivity contribution < 1.29 is 14.3 Å². The van der Waals surface area contributed by atoms with Crippen molar-refractivity contribution >= 4 is 44.2 Å². The number of rotatable bonds is 7. The summed E-state index contributed by atoms with van der Waals surface area (Å²) in [4.78, 5) is 28.1. The summed E-state index contributed by atoms with van der Waals surface area (Å²) >= 11 is 1.41. The number of fused-ring (bicyclic) bond motifs is 1. The van der Waals surface area contributed by atoms with Gasteiger partial charge < -0.3 is 15.4 Å². The highest BCUT2D eigenvalue weighted by Gasteiger charge is 2.09. The molecule has 0 aliphatic heterocycles. The predicted molar refractivity (Wildman–Crippen MR) is 108 cm³/mol. The lowest BCUT2D eigenvalue weighted by Gasteiger charge is -2.06. The Morgan fingerprint density at radius 1 is 1.07 bits per heavy atom. The Hall–Kier alpha value is -2.93. The monoisotopic (exact) mass is 383 g/mol. The summed E-state index contributed by atoms with van der Waals surface area (Å²) in [5, 5.41) is 6.23. The number of hydrogen-bond donors (Lipinski definition) is 2. The van der Waals surface area contributed by atoms with Crippen molar-refractivity contribution in [3.05, 3.63) is 48.0 Å². The number of carbonyl (C=O) groups is 2. The van der Waals surface area contributed by atoms with Crippen LogP contribution in [0.3, 0.4) is 0 Å². The van der Waals surface area contributed by atoms with Crippen LogP contribution in [0, 0.1) is 0 Å². The van der Waals surface area contributed by atoms with Gasteiger partial charge in [0.2, 0.25) is 11.8 Å². The molecule has 6 nitrogen and oxygen atoms in total. The van der Waals surface area contributed by atoms with Gasteiger partial charge in [-0.3, -0.25) is 9.59 Å². The van der Waals surface area contributed by atoms with Gasteiger partial charge in [0.15, 0.2) is 5.13 Å². The summed E-state index contributed by atoms with van der Waals surface area (Å²) in [6.07, 6.45) is 1.45. The predicted octanol–water partition coefficient (Wildman–Crippen LogP) is 4.22. The molecule has 140 valence electrons. The van der Waals surface area contributed by atoms with Crippen molar-refractivity contribution in [3.8, 4) is 5.75 Å². The average molecular weight is 383 g/mol. The quantitative estimate of drug-likeness (QED) is 0.640. The Morgan fingerprint density at radius 3 is 2.56 bits per heavy atom. The van der Waals surface area contributed by atoms with E-state index in [9.17, 15) is 9.59 Å². The number of thiazole rings is 1. The minimum atomic E-state index is -0.0684. The van der Waals surface area contributed by atoms with Crippen LogP contribution in [0.15, 0.2) is 42.5 Å². The number of carbonyl (C=O) groups excluding carboxylic acids is 2. The molecule has 3 aromatic rings. The van der Waals surface area contributed by atoms with Crippen molar-refractivity contribution in [2.75, 3.05) is 17.7 Å². The first-order valence-electron chi connectivity index (χ1n) is 8.70. The third kappa shape index (κ3) is 5.04. The molecule has 27 heavy (non-hydrogen) atoms. The number of benzene rings is 2. The highest BCUT2D eigenvalue weighted by molar-refractivity contribution is 7.22. The number of nitrogens with one attached hydrogen (secondary N) is 2. The fourth-order valence-corrected chi connectivity index (χ4v) is 3.40. The van der Waals surface area contributed by atoms with Crippen LogP contribution in [0.4, 0.5) is 10.8 Å². The highest BCUT2D eigenvalue weighted by atomic mass is 32.1. The maximum absolute atomic E-state index is 12.2. The van der Waals surface area contributed by atoms with Gasteiger partial charge in [-0.05, 0) is 42.3 Å². The second kappa shape index (κ2) is 8.64. The third-order valence-electron chi connectivity index (χ3n) is 4.04. The van der Waals surface area contributed by atoms with E-state index in [0.717, 1.165) is 21.5 Å². The molecule has 1 aromatic heterocycles. The summed E-state index contributed by atoms with van der Waals surface area (Å²) < 4.78 is 6.09. The largest absolute Gasteiger partial charge is 0.497 e. The van der Waals surface area contributed by atoms with Crippen molar-refractivity contribution in [2.45, 2.75) is 26.2 Å². The zero-order valence-electron chi connectivity index (χ0n) is 15.2. The van der Waals surface area contributed by atoms with Gasteiger partial charge in [-0.1, -0.05) is 30.4 Å². The van der Waals surface area contributed by atoms with Crippen molar-refractivity contribution in [1.29, 1.82) is 0 Å². The molecule has 2 N–H and O–H groups in total. The molecule has 0 atom stereocenters. The number of aryl methyl sites for hydroxylation is 1. The lowest BCUT2D eigenvalue weighted by Crippen LogP contribution is -2.12. The van der Waals surface area contributed by atoms with E-state index in [1.165, 1.54) is 11.3 Å².